The molecule has 0 bridgehead atoms. The Hall–Kier alpha value is 3.54. The highest BCUT2D eigenvalue weighted by Crippen LogP contribution is 2.09. The third kappa shape index (κ3) is 36.6. The van der Waals surface area contributed by atoms with Crippen molar-refractivity contribution in [3.63, 3.8) is 0 Å². The first-order chi connectivity index (χ1) is 27.9. The molecular formula is C20H82O20Si20. The zero-order valence-electron chi connectivity index (χ0n) is 39.9. The van der Waals surface area contributed by atoms with E-state index in [2.05, 4.69) is 13.1 Å². The van der Waals surface area contributed by atoms with Gasteiger partial charge < -0.3 is 83.0 Å². The summed E-state index contributed by atoms with van der Waals surface area (Å²) in [5.74, 6) is 0. The van der Waals surface area contributed by atoms with E-state index in [1.807, 2.05) is 111 Å². The largest absolute Gasteiger partial charge is 0.444 e. The van der Waals surface area contributed by atoms with Gasteiger partial charge in [-0.05, 0) is 124 Å². The molecule has 60 heavy (non-hydrogen) atoms. The van der Waals surface area contributed by atoms with Crippen molar-refractivity contribution in [1.29, 1.82) is 0 Å². The minimum Gasteiger partial charge on any atom is -0.444 e. The predicted molar refractivity (Wildman–Crippen MR) is 284 cm³/mol. The Morgan fingerprint density at radius 1 is 0.217 bits per heavy atom. The first kappa shape index (κ1) is 63.5. The highest BCUT2D eigenvalue weighted by atomic mass is 28.5. The van der Waals surface area contributed by atoms with E-state index in [1.54, 1.807) is 6.55 Å². The predicted octanol–water partition coefficient (Wildman–Crippen LogP) is -3.42. The minimum absolute atomic E-state index is 0.461. The lowest BCUT2D eigenvalue weighted by Crippen LogP contribution is -2.44. The lowest BCUT2D eigenvalue weighted by Gasteiger charge is -2.28. The molecule has 0 aromatic heterocycles. The molecule has 0 aliphatic heterocycles. The maximum atomic E-state index is 9.52. The lowest BCUT2D eigenvalue weighted by atomic mass is 11.9. The van der Waals surface area contributed by atoms with Crippen LogP contribution in [0.15, 0.2) is 0 Å². The van der Waals surface area contributed by atoms with Crippen LogP contribution in [0.25, 0.3) is 0 Å². The smallest absolute Gasteiger partial charge is 0.306 e. The summed E-state index contributed by atoms with van der Waals surface area (Å²) in [5.41, 5.74) is 0. The van der Waals surface area contributed by atoms with E-state index < -0.39 is 186 Å². The Bertz CT molecular complexity index is 1060. The molecule has 19 atom stereocenters. The van der Waals surface area contributed by atoms with Crippen LogP contribution < -0.4 is 0 Å². The third-order valence-electron chi connectivity index (χ3n) is 7.31. The van der Waals surface area contributed by atoms with E-state index in [4.69, 9.17) is 78.2 Å². The zero-order chi connectivity index (χ0) is 46.1. The van der Waals surface area contributed by atoms with Crippen LogP contribution in [0.4, 0.5) is 0 Å². The van der Waals surface area contributed by atoms with Gasteiger partial charge in [-0.15, -0.1) is 0 Å². The highest BCUT2D eigenvalue weighted by molar-refractivity contribution is 6.75. The molecule has 0 aliphatic rings. The molecule has 362 valence electrons. The minimum atomic E-state index is -2.10. The molecule has 0 aromatic carbocycles. The standard InChI is InChI=1S/C20H82O20Si20/c1-41-22-43(3)24-45(5)26-47(7)28-49(9)30-51(11)32-53(13)34-55(15)36-57(17)38-59(19)40-60(20)39-58(18)37-56(16)35-54(14)33-52(12)31-50(10)29-48(8)27-46(6)25-44(4)23-42(2)21/h21,42-60H,41H2,1-20H3. The summed E-state index contributed by atoms with van der Waals surface area (Å²) in [7, 11) is -37.0. The molecule has 0 amide bonds. The van der Waals surface area contributed by atoms with E-state index in [-0.39, 0.29) is 0 Å². The molecule has 40 heteroatoms. The SMILES string of the molecule is C[SiH2]O[SiH](C)O[SiH](C)O[SiH](C)O[SiH](C)O[SiH](C)O[SiH](C)O[SiH](C)O[SiH](C)O[SiH](C)O[SiH](C)O[SiH](C)O[SiH](C)O[SiH](C)O[SiH](C)O[SiH](C)O[SiH](C)O[SiH](C)O[SiH](C)O[SiH](C)O. The van der Waals surface area contributed by atoms with Gasteiger partial charge in [-0.25, -0.2) is 0 Å². The van der Waals surface area contributed by atoms with Gasteiger partial charge >= 0.3 is 9.28 Å². The van der Waals surface area contributed by atoms with E-state index in [0.29, 0.717) is 0 Å². The van der Waals surface area contributed by atoms with Gasteiger partial charge in [-0.3, -0.25) is 0 Å². The Balaban J connectivity index is 4.41. The molecule has 0 aromatic rings. The van der Waals surface area contributed by atoms with E-state index in [1.165, 1.54) is 0 Å². The summed E-state index contributed by atoms with van der Waals surface area (Å²) < 4.78 is 116. The van der Waals surface area contributed by atoms with Crippen LogP contribution in [0.1, 0.15) is 0 Å². The van der Waals surface area contributed by atoms with Crippen molar-refractivity contribution < 1.29 is 83.0 Å². The van der Waals surface area contributed by atoms with E-state index in [0.717, 1.165) is 0 Å². The van der Waals surface area contributed by atoms with E-state index in [9.17, 15) is 4.80 Å². The Morgan fingerprint density at radius 2 is 0.333 bits per heavy atom. The average molecular weight is 1200 g/mol. The second kappa shape index (κ2) is 36.5. The molecule has 0 saturated carbocycles. The van der Waals surface area contributed by atoms with Crippen molar-refractivity contribution in [2.24, 2.45) is 0 Å². The molecule has 20 nitrogen and oxygen atoms in total. The summed E-state index contributed by atoms with van der Waals surface area (Å²) in [6.45, 7) is 39.8. The van der Waals surface area contributed by atoms with Gasteiger partial charge in [0.25, 0.3) is 167 Å². The highest BCUT2D eigenvalue weighted by Gasteiger charge is 2.28. The molecule has 0 spiro atoms. The van der Waals surface area contributed by atoms with Gasteiger partial charge in [0.1, 0.15) is 9.76 Å². The molecule has 0 aliphatic carbocycles. The molecule has 0 fully saturated rings. The van der Waals surface area contributed by atoms with Gasteiger partial charge in [0.05, 0.1) is 0 Å². The molecule has 0 radical (unpaired) electrons. The molecule has 0 heterocycles. The Kier molecular flexibility index (Phi) is 38.7. The third-order valence-corrected chi connectivity index (χ3v) is 65.8. The normalized spacial score (nSPS) is 22.4. The quantitative estimate of drug-likeness (QED) is 0.0601. The number of hydrogen-bond acceptors (Lipinski definition) is 20. The molecule has 0 rings (SSSR count). The van der Waals surface area contributed by atoms with E-state index >= 15 is 0 Å². The molecular weight excluding hydrogens is 1120 g/mol. The summed E-state index contributed by atoms with van der Waals surface area (Å²) >= 11 is 0. The van der Waals surface area contributed by atoms with Crippen LogP contribution in [0.5, 0.6) is 0 Å². The van der Waals surface area contributed by atoms with Crippen LogP contribution in [0, 0.1) is 0 Å². The topological polar surface area (TPSA) is 196 Å². The van der Waals surface area contributed by atoms with Crippen LogP contribution in [-0.4, -0.2) is 191 Å². The fourth-order valence-corrected chi connectivity index (χ4v) is 61.7. The zero-order valence-corrected chi connectivity index (χ0v) is 63.2. The monoisotopic (exact) mass is 1200 g/mol. The van der Waals surface area contributed by atoms with Crippen molar-refractivity contribution in [3.05, 3.63) is 0 Å². The average Bonchev–Trinajstić information content (AvgIpc) is 3.02. The molecule has 0 saturated heterocycles. The van der Waals surface area contributed by atoms with Crippen molar-refractivity contribution in [3.8, 4) is 0 Å². The first-order valence-corrected chi connectivity index (χ1v) is 62.8. The van der Waals surface area contributed by atoms with Crippen LogP contribution >= 0.6 is 0 Å². The maximum absolute atomic E-state index is 9.52. The van der Waals surface area contributed by atoms with Crippen molar-refractivity contribution >= 4 is 186 Å². The van der Waals surface area contributed by atoms with Gasteiger partial charge in [0.15, 0.2) is 0 Å². The Morgan fingerprint density at radius 3 is 0.450 bits per heavy atom. The summed E-state index contributed by atoms with van der Waals surface area (Å²) in [4.78, 5) is 9.52. The van der Waals surface area contributed by atoms with Crippen molar-refractivity contribution in [2.45, 2.75) is 131 Å². The Labute approximate surface area is 397 Å². The van der Waals surface area contributed by atoms with Crippen molar-refractivity contribution in [2.75, 3.05) is 0 Å². The van der Waals surface area contributed by atoms with Gasteiger partial charge in [-0.1, -0.05) is 6.55 Å². The van der Waals surface area contributed by atoms with Gasteiger partial charge in [0.2, 0.25) is 0 Å². The summed E-state index contributed by atoms with van der Waals surface area (Å²) in [5, 5.41) is 0. The van der Waals surface area contributed by atoms with Gasteiger partial charge in [-0.2, -0.15) is 0 Å². The second-order valence-corrected chi connectivity index (χ2v) is 56.9. The van der Waals surface area contributed by atoms with Crippen LogP contribution in [-0.2, 0) is 78.2 Å². The lowest BCUT2D eigenvalue weighted by molar-refractivity contribution is 0.304. The van der Waals surface area contributed by atoms with Crippen molar-refractivity contribution in [1.82, 2.24) is 0 Å². The van der Waals surface area contributed by atoms with Gasteiger partial charge in [0, 0.05) is 0 Å². The summed E-state index contributed by atoms with van der Waals surface area (Å²) in [6.07, 6.45) is 0. The fraction of sp³-hybridized carbons (Fsp3) is 1.00. The fourth-order valence-electron chi connectivity index (χ4n) is 5.68. The van der Waals surface area contributed by atoms with Crippen LogP contribution in [0.3, 0.4) is 0 Å². The maximum Gasteiger partial charge on any atom is 0.306 e. The molecule has 1 N–H and O–H groups in total. The van der Waals surface area contributed by atoms with Crippen LogP contribution in [0.2, 0.25) is 131 Å². The first-order valence-electron chi connectivity index (χ1n) is 20.9. The molecule has 19 unspecified atom stereocenters. The number of rotatable bonds is 38. The second-order valence-electron chi connectivity index (χ2n) is 13.7. The summed E-state index contributed by atoms with van der Waals surface area (Å²) in [6, 6.07) is 0. The number of hydrogen-bond donors (Lipinski definition) is 1.